The standard InChI is InChI=1S/C18H17ClN2O3/c1-24-14-4-2-3-13(9-14)21-18(23)16-10-15(16)17(22)20-12-7-5-11(19)6-8-12/h2-9,15-16H,10H2,1H3,(H,20,22)(H,21,23). The number of hydrogen-bond acceptors (Lipinski definition) is 3. The van der Waals surface area contributed by atoms with Crippen LogP contribution >= 0.6 is 11.6 Å². The molecule has 0 heterocycles. The molecule has 124 valence electrons. The summed E-state index contributed by atoms with van der Waals surface area (Å²) in [5.74, 6) is -0.238. The summed E-state index contributed by atoms with van der Waals surface area (Å²) in [6.07, 6.45) is 0.551. The second-order valence-corrected chi connectivity index (χ2v) is 6.10. The molecular weight excluding hydrogens is 328 g/mol. The van der Waals surface area contributed by atoms with Crippen molar-refractivity contribution >= 4 is 34.8 Å². The van der Waals surface area contributed by atoms with Crippen molar-refractivity contribution < 1.29 is 14.3 Å². The molecule has 2 aromatic rings. The van der Waals surface area contributed by atoms with Gasteiger partial charge in [-0.3, -0.25) is 9.59 Å². The second-order valence-electron chi connectivity index (χ2n) is 5.67. The van der Waals surface area contributed by atoms with Crippen molar-refractivity contribution in [2.24, 2.45) is 11.8 Å². The maximum absolute atomic E-state index is 12.2. The average molecular weight is 345 g/mol. The smallest absolute Gasteiger partial charge is 0.228 e. The van der Waals surface area contributed by atoms with E-state index in [2.05, 4.69) is 10.6 Å². The molecule has 0 aromatic heterocycles. The van der Waals surface area contributed by atoms with E-state index in [0.29, 0.717) is 28.6 Å². The largest absolute Gasteiger partial charge is 0.497 e. The minimum atomic E-state index is -0.302. The molecular formula is C18H17ClN2O3. The molecule has 6 heteroatoms. The Morgan fingerprint density at radius 2 is 1.62 bits per heavy atom. The number of hydrogen-bond donors (Lipinski definition) is 2. The van der Waals surface area contributed by atoms with Gasteiger partial charge in [0, 0.05) is 22.5 Å². The fourth-order valence-electron chi connectivity index (χ4n) is 2.48. The first-order chi connectivity index (χ1) is 11.6. The predicted molar refractivity (Wildman–Crippen MR) is 93.3 cm³/mol. The van der Waals surface area contributed by atoms with Crippen LogP contribution in [0.4, 0.5) is 11.4 Å². The highest BCUT2D eigenvalue weighted by Crippen LogP contribution is 2.40. The molecule has 0 radical (unpaired) electrons. The molecule has 3 rings (SSSR count). The number of methoxy groups -OCH3 is 1. The lowest BCUT2D eigenvalue weighted by Crippen LogP contribution is -2.20. The van der Waals surface area contributed by atoms with Crippen molar-refractivity contribution in [3.05, 3.63) is 53.6 Å². The number of carbonyl (C=O) groups excluding carboxylic acids is 2. The number of amides is 2. The molecule has 2 N–H and O–H groups in total. The third-order valence-corrected chi connectivity index (χ3v) is 4.16. The van der Waals surface area contributed by atoms with E-state index in [0.717, 1.165) is 0 Å². The van der Waals surface area contributed by atoms with E-state index in [-0.39, 0.29) is 23.7 Å². The maximum atomic E-state index is 12.2. The summed E-state index contributed by atoms with van der Waals surface area (Å²) < 4.78 is 5.12. The van der Waals surface area contributed by atoms with Crippen LogP contribution in [-0.4, -0.2) is 18.9 Å². The molecule has 1 aliphatic carbocycles. The van der Waals surface area contributed by atoms with Crippen LogP contribution in [0, 0.1) is 11.8 Å². The molecule has 2 amide bonds. The highest BCUT2D eigenvalue weighted by Gasteiger charge is 2.48. The fraction of sp³-hybridized carbons (Fsp3) is 0.222. The molecule has 24 heavy (non-hydrogen) atoms. The third-order valence-electron chi connectivity index (χ3n) is 3.91. The van der Waals surface area contributed by atoms with Gasteiger partial charge in [0.2, 0.25) is 11.8 Å². The Morgan fingerprint density at radius 3 is 2.25 bits per heavy atom. The van der Waals surface area contributed by atoms with Gasteiger partial charge in [-0.1, -0.05) is 17.7 Å². The van der Waals surface area contributed by atoms with Crippen LogP contribution in [0.15, 0.2) is 48.5 Å². The molecule has 0 aliphatic heterocycles. The van der Waals surface area contributed by atoms with Crippen molar-refractivity contribution in [2.45, 2.75) is 6.42 Å². The van der Waals surface area contributed by atoms with Gasteiger partial charge in [0.15, 0.2) is 0 Å². The maximum Gasteiger partial charge on any atom is 0.228 e. The normalized spacial score (nSPS) is 18.6. The topological polar surface area (TPSA) is 67.4 Å². The van der Waals surface area contributed by atoms with Crippen LogP contribution in [0.5, 0.6) is 5.75 Å². The van der Waals surface area contributed by atoms with Crippen LogP contribution in [0.2, 0.25) is 5.02 Å². The molecule has 2 aromatic carbocycles. The van der Waals surface area contributed by atoms with Gasteiger partial charge in [0.25, 0.3) is 0 Å². The van der Waals surface area contributed by atoms with Crippen LogP contribution in [0.1, 0.15) is 6.42 Å². The summed E-state index contributed by atoms with van der Waals surface area (Å²) in [4.78, 5) is 24.4. The number of rotatable bonds is 5. The Balaban J connectivity index is 1.55. The fourth-order valence-corrected chi connectivity index (χ4v) is 2.60. The molecule has 1 aliphatic rings. The first-order valence-electron chi connectivity index (χ1n) is 7.58. The number of anilines is 2. The minimum Gasteiger partial charge on any atom is -0.497 e. The average Bonchev–Trinajstić information content (AvgIpc) is 3.38. The summed E-state index contributed by atoms with van der Waals surface area (Å²) >= 11 is 5.81. The van der Waals surface area contributed by atoms with E-state index in [1.165, 1.54) is 0 Å². The second kappa shape index (κ2) is 6.93. The monoisotopic (exact) mass is 344 g/mol. The van der Waals surface area contributed by atoms with Crippen LogP contribution < -0.4 is 15.4 Å². The number of carbonyl (C=O) groups is 2. The van der Waals surface area contributed by atoms with E-state index in [1.807, 2.05) is 0 Å². The molecule has 5 nitrogen and oxygen atoms in total. The lowest BCUT2D eigenvalue weighted by molar-refractivity contribution is -0.122. The van der Waals surface area contributed by atoms with Crippen molar-refractivity contribution in [2.75, 3.05) is 17.7 Å². The van der Waals surface area contributed by atoms with Crippen LogP contribution in [0.25, 0.3) is 0 Å². The van der Waals surface area contributed by atoms with Gasteiger partial charge in [-0.2, -0.15) is 0 Å². The minimum absolute atomic E-state index is 0.150. The Labute approximate surface area is 145 Å². The molecule has 1 fully saturated rings. The summed E-state index contributed by atoms with van der Waals surface area (Å²) in [5.41, 5.74) is 1.33. The van der Waals surface area contributed by atoms with Crippen molar-refractivity contribution in [1.29, 1.82) is 0 Å². The molecule has 0 spiro atoms. The Hall–Kier alpha value is -2.53. The first-order valence-corrected chi connectivity index (χ1v) is 7.96. The third kappa shape index (κ3) is 3.86. The number of benzene rings is 2. The van der Waals surface area contributed by atoms with E-state index in [9.17, 15) is 9.59 Å². The Morgan fingerprint density at radius 1 is 1.00 bits per heavy atom. The van der Waals surface area contributed by atoms with E-state index < -0.39 is 0 Å². The number of ether oxygens (including phenoxy) is 1. The summed E-state index contributed by atoms with van der Waals surface area (Å²) in [5, 5.41) is 6.23. The lowest BCUT2D eigenvalue weighted by atomic mass is 10.2. The molecule has 1 saturated carbocycles. The quantitative estimate of drug-likeness (QED) is 0.871. The zero-order chi connectivity index (χ0) is 17.1. The summed E-state index contributed by atoms with van der Waals surface area (Å²) in [7, 11) is 1.57. The SMILES string of the molecule is COc1cccc(NC(=O)C2CC2C(=O)Nc2ccc(Cl)cc2)c1. The molecule has 0 bridgehead atoms. The summed E-state index contributed by atoms with van der Waals surface area (Å²) in [6.45, 7) is 0. The van der Waals surface area contributed by atoms with Crippen molar-refractivity contribution in [1.82, 2.24) is 0 Å². The van der Waals surface area contributed by atoms with Crippen molar-refractivity contribution in [3.8, 4) is 5.75 Å². The van der Waals surface area contributed by atoms with E-state index >= 15 is 0 Å². The van der Waals surface area contributed by atoms with Gasteiger partial charge in [-0.05, 0) is 42.8 Å². The first kappa shape index (κ1) is 16.3. The van der Waals surface area contributed by atoms with Gasteiger partial charge in [-0.25, -0.2) is 0 Å². The zero-order valence-corrected chi connectivity index (χ0v) is 13.8. The van der Waals surface area contributed by atoms with Gasteiger partial charge in [0.05, 0.1) is 18.9 Å². The predicted octanol–water partition coefficient (Wildman–Crippen LogP) is 3.56. The van der Waals surface area contributed by atoms with Gasteiger partial charge >= 0.3 is 0 Å². The highest BCUT2D eigenvalue weighted by atomic mass is 35.5. The molecule has 2 unspecified atom stereocenters. The van der Waals surface area contributed by atoms with Gasteiger partial charge in [0.1, 0.15) is 5.75 Å². The van der Waals surface area contributed by atoms with Gasteiger partial charge in [-0.15, -0.1) is 0 Å². The van der Waals surface area contributed by atoms with E-state index in [1.54, 1.807) is 55.6 Å². The lowest BCUT2D eigenvalue weighted by Gasteiger charge is -2.07. The Kier molecular flexibility index (Phi) is 4.71. The van der Waals surface area contributed by atoms with Gasteiger partial charge < -0.3 is 15.4 Å². The van der Waals surface area contributed by atoms with E-state index in [4.69, 9.17) is 16.3 Å². The summed E-state index contributed by atoms with van der Waals surface area (Å²) in [6, 6.07) is 14.0. The molecule has 0 saturated heterocycles. The zero-order valence-electron chi connectivity index (χ0n) is 13.1. The Bertz CT molecular complexity index is 761. The van der Waals surface area contributed by atoms with Crippen LogP contribution in [0.3, 0.4) is 0 Å². The highest BCUT2D eigenvalue weighted by molar-refractivity contribution is 6.30. The van der Waals surface area contributed by atoms with Crippen LogP contribution in [-0.2, 0) is 9.59 Å². The number of halogens is 1. The van der Waals surface area contributed by atoms with Crippen molar-refractivity contribution in [3.63, 3.8) is 0 Å². The number of nitrogens with one attached hydrogen (secondary N) is 2. The molecule has 2 atom stereocenters.